The fraction of sp³-hybridized carbons (Fsp3) is 0.149. The van der Waals surface area contributed by atoms with Gasteiger partial charge in [0, 0.05) is 48.3 Å². The molecular weight excluding hydrogens is 865 g/mol. The third kappa shape index (κ3) is 6.93. The van der Waals surface area contributed by atoms with Crippen molar-refractivity contribution in [3.05, 3.63) is 223 Å². The third-order valence-electron chi connectivity index (χ3n) is 15.8. The number of thiophene rings is 1. The molecule has 70 heavy (non-hydrogen) atoms. The maximum atomic E-state index is 6.17. The molecule has 0 aliphatic rings. The normalized spacial score (nSPS) is 14.3. The highest BCUT2D eigenvalue weighted by Gasteiger charge is 2.30. The second-order valence-electron chi connectivity index (χ2n) is 19.7. The first kappa shape index (κ1) is 42.5. The summed E-state index contributed by atoms with van der Waals surface area (Å²) in [6, 6.07) is 77.5. The topological polar surface area (TPSA) is 17.3 Å². The van der Waals surface area contributed by atoms with Crippen LogP contribution in [0, 0.1) is 11.8 Å². The monoisotopic (exact) mass is 918 g/mol. The van der Waals surface area contributed by atoms with Gasteiger partial charge < -0.3 is 4.57 Å². The number of aliphatic imine (C=N–C) groups is 1. The zero-order valence-corrected chi connectivity index (χ0v) is 41.0. The van der Waals surface area contributed by atoms with Crippen molar-refractivity contribution in [2.75, 3.05) is 0 Å². The molecule has 0 aliphatic heterocycles. The summed E-state index contributed by atoms with van der Waals surface area (Å²) >= 11 is 1.92. The molecule has 2 heterocycles. The highest BCUT2D eigenvalue weighted by molar-refractivity contribution is 7.25. The number of aromatic nitrogens is 1. The third-order valence-corrected chi connectivity index (χ3v) is 16.9. The summed E-state index contributed by atoms with van der Waals surface area (Å²) in [4.78, 5) is 6.17. The average molecular weight is 919 g/mol. The van der Waals surface area contributed by atoms with E-state index in [2.05, 4.69) is 239 Å². The largest absolute Gasteiger partial charge is 0.309 e. The van der Waals surface area contributed by atoms with Crippen LogP contribution >= 0.6 is 11.3 Å². The molecule has 4 unspecified atom stereocenters. The van der Waals surface area contributed by atoms with Crippen LogP contribution in [0.25, 0.3) is 102 Å². The van der Waals surface area contributed by atoms with E-state index >= 15 is 0 Å². The fourth-order valence-corrected chi connectivity index (χ4v) is 13.1. The Morgan fingerprint density at radius 1 is 0.457 bits per heavy atom. The van der Waals surface area contributed by atoms with Gasteiger partial charge in [0.15, 0.2) is 0 Å². The molecule has 0 N–H and O–H groups in total. The fourth-order valence-electron chi connectivity index (χ4n) is 12.0. The number of hydrogen-bond acceptors (Lipinski definition) is 2. The first-order chi connectivity index (χ1) is 34.4. The molecule has 0 saturated carbocycles. The van der Waals surface area contributed by atoms with Crippen LogP contribution in [0.4, 0.5) is 0 Å². The molecule has 2 aromatic heterocycles. The minimum atomic E-state index is -0.0369. The summed E-state index contributed by atoms with van der Waals surface area (Å²) in [6.45, 7) is 9.59. The molecule has 0 bridgehead atoms. The summed E-state index contributed by atoms with van der Waals surface area (Å²) in [6.07, 6.45) is 1.95. The van der Waals surface area contributed by atoms with Crippen molar-refractivity contribution in [2.24, 2.45) is 16.8 Å². The standard InChI is InChI=1S/C67H54N2S/c1-5-41(3)66(49-31-33-55-47(35-49)29-27-43-17-9-11-21-53(43)55)68-67(50-32-34-56-48(36-50)30-28-44-18-10-12-22-54(44)56)52(6-2)42(4)59-39-51(40-64-65(59)58-24-14-16-26-63(58)70-64)69-61-25-15-13-23-57(61)60-37-45-19-7-8-20-46(45)38-62(60)69/h7-42,52,66H,5-6H2,1-4H3. The molecular formula is C67H54N2S. The Balaban J connectivity index is 1.04. The SMILES string of the molecule is CCC(C)C(N=C(c1ccc2c(ccc3ccccc32)c1)C(CC)C(C)c1cc(-n2c3ccccc3c3cc4ccccc4cc32)cc2sc3ccccc3c12)c1ccc2c(ccc3ccccc32)c1. The molecule has 13 rings (SSSR count). The van der Waals surface area contributed by atoms with Crippen LogP contribution < -0.4 is 0 Å². The molecule has 0 fully saturated rings. The first-order valence-electron chi connectivity index (χ1n) is 25.2. The van der Waals surface area contributed by atoms with Gasteiger partial charge in [0.25, 0.3) is 0 Å². The average Bonchev–Trinajstić information content (AvgIpc) is 3.95. The summed E-state index contributed by atoms with van der Waals surface area (Å²) in [5, 5.41) is 18.0. The Morgan fingerprint density at radius 3 is 1.76 bits per heavy atom. The van der Waals surface area contributed by atoms with Crippen molar-refractivity contribution in [3.63, 3.8) is 0 Å². The van der Waals surface area contributed by atoms with Gasteiger partial charge in [-0.2, -0.15) is 0 Å². The van der Waals surface area contributed by atoms with Crippen molar-refractivity contribution in [3.8, 4) is 5.69 Å². The molecule has 2 nitrogen and oxygen atoms in total. The van der Waals surface area contributed by atoms with E-state index in [4.69, 9.17) is 4.99 Å². The molecule has 338 valence electrons. The van der Waals surface area contributed by atoms with Gasteiger partial charge in [-0.25, -0.2) is 0 Å². The van der Waals surface area contributed by atoms with Gasteiger partial charge in [-0.05, 0) is 137 Å². The summed E-state index contributed by atoms with van der Waals surface area (Å²) in [5.41, 5.74) is 8.71. The van der Waals surface area contributed by atoms with E-state index in [1.165, 1.54) is 124 Å². The Labute approximate surface area is 413 Å². The maximum Gasteiger partial charge on any atom is 0.0778 e. The zero-order valence-electron chi connectivity index (χ0n) is 40.2. The highest BCUT2D eigenvalue weighted by atomic mass is 32.1. The van der Waals surface area contributed by atoms with E-state index in [0.29, 0.717) is 5.92 Å². The van der Waals surface area contributed by atoms with E-state index in [1.807, 2.05) is 11.3 Å². The van der Waals surface area contributed by atoms with E-state index in [1.54, 1.807) is 0 Å². The lowest BCUT2D eigenvalue weighted by molar-refractivity contribution is 0.453. The Bertz CT molecular complexity index is 4220. The van der Waals surface area contributed by atoms with Crippen molar-refractivity contribution >= 4 is 113 Å². The summed E-state index contributed by atoms with van der Waals surface area (Å²) < 4.78 is 5.17. The Hall–Kier alpha value is -7.59. The predicted molar refractivity (Wildman–Crippen MR) is 305 cm³/mol. The number of para-hydroxylation sites is 1. The maximum absolute atomic E-state index is 6.17. The van der Waals surface area contributed by atoms with Gasteiger partial charge in [0.1, 0.15) is 0 Å². The number of hydrogen-bond donors (Lipinski definition) is 0. The number of rotatable bonds is 10. The van der Waals surface area contributed by atoms with Gasteiger partial charge >= 0.3 is 0 Å². The van der Waals surface area contributed by atoms with Gasteiger partial charge in [-0.1, -0.05) is 192 Å². The van der Waals surface area contributed by atoms with E-state index < -0.39 is 0 Å². The lowest BCUT2D eigenvalue weighted by Crippen LogP contribution is -2.24. The number of benzene rings is 11. The van der Waals surface area contributed by atoms with Crippen LogP contribution in [-0.4, -0.2) is 10.3 Å². The van der Waals surface area contributed by atoms with E-state index in [0.717, 1.165) is 12.8 Å². The smallest absolute Gasteiger partial charge is 0.0778 e. The van der Waals surface area contributed by atoms with E-state index in [-0.39, 0.29) is 17.9 Å². The van der Waals surface area contributed by atoms with Crippen LogP contribution in [0.2, 0.25) is 0 Å². The minimum Gasteiger partial charge on any atom is -0.309 e. The predicted octanol–water partition coefficient (Wildman–Crippen LogP) is 19.3. The highest BCUT2D eigenvalue weighted by Crippen LogP contribution is 2.46. The number of nitrogens with zero attached hydrogens (tertiary/aromatic N) is 2. The second kappa shape index (κ2) is 17.1. The molecule has 0 amide bonds. The second-order valence-corrected chi connectivity index (χ2v) is 20.8. The quantitative estimate of drug-likeness (QED) is 0.0961. The lowest BCUT2D eigenvalue weighted by Gasteiger charge is -2.30. The van der Waals surface area contributed by atoms with E-state index in [9.17, 15) is 0 Å². The molecule has 4 atom stereocenters. The van der Waals surface area contributed by atoms with Gasteiger partial charge in [-0.3, -0.25) is 4.99 Å². The van der Waals surface area contributed by atoms with Crippen LogP contribution in [0.1, 0.15) is 69.2 Å². The molecule has 0 spiro atoms. The Morgan fingerprint density at radius 2 is 1.04 bits per heavy atom. The van der Waals surface area contributed by atoms with Gasteiger partial charge in [-0.15, -0.1) is 11.3 Å². The first-order valence-corrected chi connectivity index (χ1v) is 26.0. The zero-order chi connectivity index (χ0) is 47.0. The molecule has 0 radical (unpaired) electrons. The Kier molecular flexibility index (Phi) is 10.4. The summed E-state index contributed by atoms with van der Waals surface area (Å²) in [7, 11) is 0. The number of fused-ring (bicyclic) bond motifs is 13. The minimum absolute atomic E-state index is 0.0369. The van der Waals surface area contributed by atoms with Gasteiger partial charge in [0.2, 0.25) is 0 Å². The molecule has 13 aromatic rings. The summed E-state index contributed by atoms with van der Waals surface area (Å²) in [5.74, 6) is 0.534. The molecule has 0 aliphatic carbocycles. The van der Waals surface area contributed by atoms with Crippen molar-refractivity contribution in [1.82, 2.24) is 4.57 Å². The van der Waals surface area contributed by atoms with Crippen LogP contribution in [0.5, 0.6) is 0 Å². The van der Waals surface area contributed by atoms with Crippen LogP contribution in [0.15, 0.2) is 211 Å². The molecule has 3 heteroatoms. The van der Waals surface area contributed by atoms with Crippen molar-refractivity contribution < 1.29 is 0 Å². The van der Waals surface area contributed by atoms with Gasteiger partial charge in [0.05, 0.1) is 17.1 Å². The van der Waals surface area contributed by atoms with Crippen LogP contribution in [0.3, 0.4) is 0 Å². The van der Waals surface area contributed by atoms with Crippen LogP contribution in [-0.2, 0) is 0 Å². The van der Waals surface area contributed by atoms with Crippen molar-refractivity contribution in [2.45, 2.75) is 52.5 Å². The molecule has 0 saturated heterocycles. The van der Waals surface area contributed by atoms with Crippen molar-refractivity contribution in [1.29, 1.82) is 0 Å². The lowest BCUT2D eigenvalue weighted by atomic mass is 9.78. The molecule has 11 aromatic carbocycles.